The highest BCUT2D eigenvalue weighted by Gasteiger charge is 2.46. The number of benzene rings is 2. The van der Waals surface area contributed by atoms with Crippen LogP contribution in [0.15, 0.2) is 48.0 Å². The van der Waals surface area contributed by atoms with Gasteiger partial charge in [-0.25, -0.2) is 0 Å². The smallest absolute Gasteiger partial charge is 0.295 e. The lowest BCUT2D eigenvalue weighted by Crippen LogP contribution is -2.31. The second-order valence-electron chi connectivity index (χ2n) is 6.96. The van der Waals surface area contributed by atoms with Crippen molar-refractivity contribution in [1.82, 2.24) is 4.90 Å². The first kappa shape index (κ1) is 22.7. The van der Waals surface area contributed by atoms with E-state index in [4.69, 9.17) is 25.8 Å². The van der Waals surface area contributed by atoms with Gasteiger partial charge in [0.05, 0.1) is 25.8 Å². The molecule has 1 atom stereocenters. The van der Waals surface area contributed by atoms with Gasteiger partial charge in [0.2, 0.25) is 0 Å². The van der Waals surface area contributed by atoms with Gasteiger partial charge in [0.25, 0.3) is 11.7 Å². The Morgan fingerprint density at radius 2 is 1.71 bits per heavy atom. The molecule has 0 spiro atoms. The lowest BCUT2D eigenvalue weighted by Gasteiger charge is -2.26. The maximum Gasteiger partial charge on any atom is 0.295 e. The predicted molar refractivity (Wildman–Crippen MR) is 117 cm³/mol. The van der Waals surface area contributed by atoms with Gasteiger partial charge in [0.15, 0.2) is 11.5 Å². The van der Waals surface area contributed by atoms with Crippen LogP contribution in [0.5, 0.6) is 11.5 Å². The Bertz CT molecular complexity index is 1000. The summed E-state index contributed by atoms with van der Waals surface area (Å²) in [7, 11) is 4.60. The standard InChI is InChI=1S/C23H24ClNO6/c1-29-12-4-11-25-20(15-7-10-17(30-2)18(13-15)31-3)19(22(27)23(25)28)21(26)14-5-8-16(24)9-6-14/h5-10,13,20,26H,4,11-12H2,1-3H3/b21-19+/t20-/m0/s1. The number of Topliss-reactive ketones (excluding diaryl/α,β-unsaturated/α-hetero) is 1. The summed E-state index contributed by atoms with van der Waals surface area (Å²) in [5.74, 6) is -0.714. The molecular formula is C23H24ClNO6. The number of aliphatic hydroxyl groups is 1. The number of ether oxygens (including phenoxy) is 3. The number of hydrogen-bond acceptors (Lipinski definition) is 6. The summed E-state index contributed by atoms with van der Waals surface area (Å²) in [4.78, 5) is 27.3. The summed E-state index contributed by atoms with van der Waals surface area (Å²) in [6.07, 6.45) is 0.536. The number of aliphatic hydroxyl groups excluding tert-OH is 1. The topological polar surface area (TPSA) is 85.3 Å². The summed E-state index contributed by atoms with van der Waals surface area (Å²) < 4.78 is 15.8. The molecule has 1 fully saturated rings. The number of hydrogen-bond donors (Lipinski definition) is 1. The zero-order valence-electron chi connectivity index (χ0n) is 17.6. The molecule has 1 heterocycles. The van der Waals surface area contributed by atoms with Crippen molar-refractivity contribution in [2.75, 3.05) is 34.5 Å². The number of carbonyl (C=O) groups excluding carboxylic acids is 2. The number of likely N-dealkylation sites (tertiary alicyclic amines) is 1. The van der Waals surface area contributed by atoms with Crippen molar-refractivity contribution in [2.24, 2.45) is 0 Å². The van der Waals surface area contributed by atoms with Crippen molar-refractivity contribution in [3.63, 3.8) is 0 Å². The SMILES string of the molecule is COCCCN1C(=O)C(=O)/C(=C(/O)c2ccc(Cl)cc2)[C@@H]1c1ccc(OC)c(OC)c1. The third kappa shape index (κ3) is 4.52. The summed E-state index contributed by atoms with van der Waals surface area (Å²) in [6, 6.07) is 10.8. The fourth-order valence-electron chi connectivity index (χ4n) is 3.62. The molecular weight excluding hydrogens is 422 g/mol. The molecule has 2 aromatic rings. The molecule has 2 aromatic carbocycles. The van der Waals surface area contributed by atoms with E-state index in [0.29, 0.717) is 40.7 Å². The predicted octanol–water partition coefficient (Wildman–Crippen LogP) is 3.82. The largest absolute Gasteiger partial charge is 0.507 e. The second-order valence-corrected chi connectivity index (χ2v) is 7.40. The van der Waals surface area contributed by atoms with Crippen LogP contribution in [0.3, 0.4) is 0 Å². The van der Waals surface area contributed by atoms with Crippen molar-refractivity contribution in [1.29, 1.82) is 0 Å². The van der Waals surface area contributed by atoms with Gasteiger partial charge >= 0.3 is 0 Å². The average Bonchev–Trinajstić information content (AvgIpc) is 3.03. The molecule has 0 aromatic heterocycles. The van der Waals surface area contributed by atoms with E-state index < -0.39 is 17.7 Å². The van der Waals surface area contributed by atoms with Crippen LogP contribution >= 0.6 is 11.6 Å². The first-order valence-electron chi connectivity index (χ1n) is 9.68. The molecule has 3 rings (SSSR count). The second kappa shape index (κ2) is 9.85. The van der Waals surface area contributed by atoms with Crippen LogP contribution in [-0.2, 0) is 14.3 Å². The van der Waals surface area contributed by atoms with Gasteiger partial charge < -0.3 is 24.2 Å². The van der Waals surface area contributed by atoms with Gasteiger partial charge in [-0.05, 0) is 48.4 Å². The van der Waals surface area contributed by atoms with E-state index in [0.717, 1.165) is 0 Å². The Morgan fingerprint density at radius 1 is 1.03 bits per heavy atom. The van der Waals surface area contributed by atoms with Gasteiger partial charge in [-0.1, -0.05) is 17.7 Å². The average molecular weight is 446 g/mol. The van der Waals surface area contributed by atoms with Crippen molar-refractivity contribution >= 4 is 29.1 Å². The lowest BCUT2D eigenvalue weighted by molar-refractivity contribution is -0.140. The number of carbonyl (C=O) groups is 2. The monoisotopic (exact) mass is 445 g/mol. The molecule has 0 bridgehead atoms. The Hall–Kier alpha value is -3.03. The van der Waals surface area contributed by atoms with Crippen LogP contribution in [0.4, 0.5) is 0 Å². The Morgan fingerprint density at radius 3 is 2.32 bits per heavy atom. The van der Waals surface area contributed by atoms with Crippen molar-refractivity contribution in [3.8, 4) is 11.5 Å². The Labute approximate surface area is 185 Å². The van der Waals surface area contributed by atoms with E-state index in [-0.39, 0.29) is 17.9 Å². The number of nitrogens with zero attached hydrogens (tertiary/aromatic N) is 1. The molecule has 0 aliphatic carbocycles. The zero-order valence-corrected chi connectivity index (χ0v) is 18.3. The highest BCUT2D eigenvalue weighted by molar-refractivity contribution is 6.46. The third-order valence-corrected chi connectivity index (χ3v) is 5.38. The Balaban J connectivity index is 2.15. The minimum atomic E-state index is -0.785. The fourth-order valence-corrected chi connectivity index (χ4v) is 3.75. The van der Waals surface area contributed by atoms with Crippen LogP contribution in [0.25, 0.3) is 5.76 Å². The molecule has 8 heteroatoms. The number of rotatable bonds is 8. The number of amides is 1. The maximum absolute atomic E-state index is 13.0. The first-order chi connectivity index (χ1) is 14.9. The van der Waals surface area contributed by atoms with Gasteiger partial charge in [0, 0.05) is 30.8 Å². The number of ketones is 1. The highest BCUT2D eigenvalue weighted by Crippen LogP contribution is 2.42. The molecule has 164 valence electrons. The molecule has 1 saturated heterocycles. The molecule has 1 amide bonds. The van der Waals surface area contributed by atoms with E-state index in [9.17, 15) is 14.7 Å². The first-order valence-corrected chi connectivity index (χ1v) is 10.1. The summed E-state index contributed by atoms with van der Waals surface area (Å²) in [6.45, 7) is 0.716. The van der Waals surface area contributed by atoms with Crippen LogP contribution in [-0.4, -0.2) is 56.2 Å². The molecule has 0 radical (unpaired) electrons. The van der Waals surface area contributed by atoms with Crippen LogP contribution < -0.4 is 9.47 Å². The molecule has 1 aliphatic rings. The van der Waals surface area contributed by atoms with Crippen LogP contribution in [0.2, 0.25) is 5.02 Å². The molecule has 1 N–H and O–H groups in total. The van der Waals surface area contributed by atoms with E-state index in [1.807, 2.05) is 0 Å². The molecule has 0 saturated carbocycles. The fraction of sp³-hybridized carbons (Fsp3) is 0.304. The maximum atomic E-state index is 13.0. The minimum Gasteiger partial charge on any atom is -0.507 e. The molecule has 0 unspecified atom stereocenters. The van der Waals surface area contributed by atoms with Gasteiger partial charge in [-0.15, -0.1) is 0 Å². The van der Waals surface area contributed by atoms with Crippen molar-refractivity contribution in [3.05, 3.63) is 64.2 Å². The van der Waals surface area contributed by atoms with Crippen molar-refractivity contribution in [2.45, 2.75) is 12.5 Å². The molecule has 1 aliphatic heterocycles. The normalized spacial score (nSPS) is 17.8. The van der Waals surface area contributed by atoms with Crippen LogP contribution in [0, 0.1) is 0 Å². The van der Waals surface area contributed by atoms with Crippen molar-refractivity contribution < 1.29 is 28.9 Å². The third-order valence-electron chi connectivity index (χ3n) is 5.13. The van der Waals surface area contributed by atoms with E-state index in [1.54, 1.807) is 49.6 Å². The van der Waals surface area contributed by atoms with E-state index in [1.165, 1.54) is 19.1 Å². The van der Waals surface area contributed by atoms with E-state index in [2.05, 4.69) is 0 Å². The summed E-state index contributed by atoms with van der Waals surface area (Å²) >= 11 is 5.94. The quantitative estimate of drug-likeness (QED) is 0.288. The zero-order chi connectivity index (χ0) is 22.5. The number of halogens is 1. The molecule has 7 nitrogen and oxygen atoms in total. The van der Waals surface area contributed by atoms with Crippen LogP contribution in [0.1, 0.15) is 23.6 Å². The van der Waals surface area contributed by atoms with Gasteiger partial charge in [-0.2, -0.15) is 0 Å². The van der Waals surface area contributed by atoms with Gasteiger partial charge in [0.1, 0.15) is 5.76 Å². The van der Waals surface area contributed by atoms with E-state index >= 15 is 0 Å². The number of methoxy groups -OCH3 is 3. The Kier molecular flexibility index (Phi) is 7.20. The minimum absolute atomic E-state index is 0.0111. The lowest BCUT2D eigenvalue weighted by atomic mass is 9.95. The molecule has 31 heavy (non-hydrogen) atoms. The summed E-state index contributed by atoms with van der Waals surface area (Å²) in [5.41, 5.74) is 1.02. The summed E-state index contributed by atoms with van der Waals surface area (Å²) in [5, 5.41) is 11.5. The highest BCUT2D eigenvalue weighted by atomic mass is 35.5. The van der Waals surface area contributed by atoms with Gasteiger partial charge in [-0.3, -0.25) is 9.59 Å².